The monoisotopic (exact) mass is 425 g/mol. The molecule has 0 radical (unpaired) electrons. The third kappa shape index (κ3) is 4.72. The van der Waals surface area contributed by atoms with Crippen LogP contribution in [0, 0.1) is 0 Å². The normalized spacial score (nSPS) is 17.4. The van der Waals surface area contributed by atoms with Crippen LogP contribution in [0.3, 0.4) is 0 Å². The van der Waals surface area contributed by atoms with E-state index in [0.29, 0.717) is 31.9 Å². The van der Waals surface area contributed by atoms with E-state index in [9.17, 15) is 4.79 Å². The van der Waals surface area contributed by atoms with Gasteiger partial charge in [0.15, 0.2) is 5.37 Å². The van der Waals surface area contributed by atoms with Crippen molar-refractivity contribution in [1.29, 1.82) is 0 Å². The van der Waals surface area contributed by atoms with Crippen LogP contribution in [-0.2, 0) is 4.79 Å². The molecule has 1 amide bonds. The first-order valence-electron chi connectivity index (χ1n) is 8.81. The van der Waals surface area contributed by atoms with Gasteiger partial charge in [-0.15, -0.1) is 11.8 Å². The van der Waals surface area contributed by atoms with Gasteiger partial charge in [0.05, 0.1) is 19.8 Å². The second kappa shape index (κ2) is 8.31. The van der Waals surface area contributed by atoms with E-state index < -0.39 is 0 Å². The highest BCUT2D eigenvalue weighted by Gasteiger charge is 2.43. The molecular formula is C20H23Cl2N2O2S+. The van der Waals surface area contributed by atoms with Gasteiger partial charge in [-0.25, -0.2) is 4.59 Å². The van der Waals surface area contributed by atoms with Crippen LogP contribution in [0.4, 0.5) is 0 Å². The predicted molar refractivity (Wildman–Crippen MR) is 112 cm³/mol. The Morgan fingerprint density at radius 1 is 1.15 bits per heavy atom. The number of carbonyl (C=O) groups excluding carboxylic acids is 1. The Balaban J connectivity index is 1.87. The van der Waals surface area contributed by atoms with E-state index >= 15 is 0 Å². The minimum absolute atomic E-state index is 0.0365. The van der Waals surface area contributed by atoms with Gasteiger partial charge in [-0.05, 0) is 42.3 Å². The first-order valence-corrected chi connectivity index (χ1v) is 10.6. The quantitative estimate of drug-likeness (QED) is 0.550. The van der Waals surface area contributed by atoms with Gasteiger partial charge in [0, 0.05) is 10.0 Å². The molecule has 1 heterocycles. The molecule has 2 aromatic carbocycles. The first kappa shape index (κ1) is 20.3. The van der Waals surface area contributed by atoms with Crippen LogP contribution in [-0.4, -0.2) is 41.9 Å². The fourth-order valence-electron chi connectivity index (χ4n) is 3.35. The van der Waals surface area contributed by atoms with Gasteiger partial charge in [-0.2, -0.15) is 5.01 Å². The van der Waals surface area contributed by atoms with Gasteiger partial charge in [-0.1, -0.05) is 42.3 Å². The van der Waals surface area contributed by atoms with E-state index in [0.717, 1.165) is 18.5 Å². The molecule has 1 saturated heterocycles. The number of hydrogen-bond donors (Lipinski definition) is 0. The molecule has 0 bridgehead atoms. The lowest BCUT2D eigenvalue weighted by atomic mass is 10.2. The average Bonchev–Trinajstić information content (AvgIpc) is 2.96. The zero-order valence-electron chi connectivity index (χ0n) is 15.6. The molecule has 1 unspecified atom stereocenters. The van der Waals surface area contributed by atoms with Crippen molar-refractivity contribution in [3.63, 3.8) is 0 Å². The molecule has 0 N–H and O–H groups in total. The topological polar surface area (TPSA) is 29.5 Å². The highest BCUT2D eigenvalue weighted by molar-refractivity contribution is 8.00. The van der Waals surface area contributed by atoms with Crippen LogP contribution in [0.25, 0.3) is 0 Å². The van der Waals surface area contributed by atoms with Gasteiger partial charge in [0.2, 0.25) is 0 Å². The van der Waals surface area contributed by atoms with Gasteiger partial charge in [0.25, 0.3) is 5.91 Å². The van der Waals surface area contributed by atoms with Crippen molar-refractivity contribution < 1.29 is 14.1 Å². The molecule has 0 aromatic heterocycles. The van der Waals surface area contributed by atoms with Crippen molar-refractivity contribution in [2.45, 2.75) is 18.7 Å². The van der Waals surface area contributed by atoms with E-state index in [-0.39, 0.29) is 11.3 Å². The zero-order chi connectivity index (χ0) is 19.6. The van der Waals surface area contributed by atoms with Crippen LogP contribution < -0.4 is 4.74 Å². The van der Waals surface area contributed by atoms with Gasteiger partial charge < -0.3 is 4.74 Å². The van der Waals surface area contributed by atoms with E-state index in [4.69, 9.17) is 27.9 Å². The SMILES string of the molecule is CCC[N+](C)(C)N1C(=O)CSC1c1cccc(Oc2cc(Cl)cc(Cl)c2)c1. The molecule has 144 valence electrons. The molecule has 1 aliphatic rings. The molecule has 4 nitrogen and oxygen atoms in total. The van der Waals surface area contributed by atoms with E-state index in [2.05, 4.69) is 21.0 Å². The number of nitrogens with zero attached hydrogens (tertiary/aromatic N) is 2. The predicted octanol–water partition coefficient (Wildman–Crippen LogP) is 5.76. The maximum atomic E-state index is 12.6. The van der Waals surface area contributed by atoms with Crippen LogP contribution in [0.15, 0.2) is 42.5 Å². The molecule has 27 heavy (non-hydrogen) atoms. The summed E-state index contributed by atoms with van der Waals surface area (Å²) < 4.78 is 6.49. The summed E-state index contributed by atoms with van der Waals surface area (Å²) in [5, 5.41) is 2.97. The van der Waals surface area contributed by atoms with Crippen molar-refractivity contribution in [3.05, 3.63) is 58.1 Å². The van der Waals surface area contributed by atoms with Gasteiger partial charge in [0.1, 0.15) is 18.0 Å². The summed E-state index contributed by atoms with van der Waals surface area (Å²) in [6, 6.07) is 13.0. The Hall–Kier alpha value is -1.40. The Morgan fingerprint density at radius 3 is 2.52 bits per heavy atom. The molecule has 0 saturated carbocycles. The van der Waals surface area contributed by atoms with Gasteiger partial charge >= 0.3 is 0 Å². The minimum Gasteiger partial charge on any atom is -0.457 e. The maximum absolute atomic E-state index is 12.6. The molecule has 1 aliphatic heterocycles. The smallest absolute Gasteiger partial charge is 0.279 e. The molecule has 1 fully saturated rings. The lowest BCUT2D eigenvalue weighted by Crippen LogP contribution is -2.56. The summed E-state index contributed by atoms with van der Waals surface area (Å²) >= 11 is 13.8. The molecule has 0 spiro atoms. The number of halogens is 2. The van der Waals surface area contributed by atoms with Crippen molar-refractivity contribution in [2.75, 3.05) is 26.4 Å². The van der Waals surface area contributed by atoms with Crippen LogP contribution >= 0.6 is 35.0 Å². The van der Waals surface area contributed by atoms with Crippen molar-refractivity contribution in [3.8, 4) is 11.5 Å². The molecule has 0 aliphatic carbocycles. The number of benzene rings is 2. The van der Waals surface area contributed by atoms with Crippen LogP contribution in [0.1, 0.15) is 24.3 Å². The zero-order valence-corrected chi connectivity index (χ0v) is 17.9. The second-order valence-corrected chi connectivity index (χ2v) is 8.97. The Labute approximate surface area is 174 Å². The number of ether oxygens (including phenoxy) is 1. The van der Waals surface area contributed by atoms with Gasteiger partial charge in [-0.3, -0.25) is 4.79 Å². The molecule has 2 aromatic rings. The molecular weight excluding hydrogens is 403 g/mol. The first-order chi connectivity index (χ1) is 12.8. The Bertz CT molecular complexity index is 824. The van der Waals surface area contributed by atoms with Crippen molar-refractivity contribution >= 4 is 40.9 Å². The molecule has 3 rings (SSSR count). The summed E-state index contributed by atoms with van der Waals surface area (Å²) in [4.78, 5) is 12.6. The third-order valence-corrected chi connectivity index (χ3v) is 6.05. The summed E-state index contributed by atoms with van der Waals surface area (Å²) in [6.45, 7) is 3.04. The number of amides is 1. The minimum atomic E-state index is -0.0365. The maximum Gasteiger partial charge on any atom is 0.279 e. The number of rotatable bonds is 6. The van der Waals surface area contributed by atoms with E-state index in [1.54, 1.807) is 30.0 Å². The second-order valence-electron chi connectivity index (χ2n) is 7.03. The fraction of sp³-hybridized carbons (Fsp3) is 0.350. The lowest BCUT2D eigenvalue weighted by Gasteiger charge is -2.40. The van der Waals surface area contributed by atoms with E-state index in [1.807, 2.05) is 29.3 Å². The summed E-state index contributed by atoms with van der Waals surface area (Å²) in [7, 11) is 4.16. The number of carbonyl (C=O) groups is 1. The number of hydrogen-bond acceptors (Lipinski definition) is 3. The summed E-state index contributed by atoms with van der Waals surface area (Å²) in [5.74, 6) is 1.92. The standard InChI is InChI=1S/C20H23Cl2N2O2S/c1-4-8-24(2,3)23-19(25)13-27-20(23)14-6-5-7-17(9-14)26-18-11-15(21)10-16(22)12-18/h5-7,9-12,20H,4,8,13H2,1-3H3/q+1. The lowest BCUT2D eigenvalue weighted by molar-refractivity contribution is -0.992. The third-order valence-electron chi connectivity index (χ3n) is 4.41. The Morgan fingerprint density at radius 2 is 1.85 bits per heavy atom. The highest BCUT2D eigenvalue weighted by Crippen LogP contribution is 2.42. The fourth-order valence-corrected chi connectivity index (χ4v) is 5.14. The number of quaternary nitrogens is 1. The average molecular weight is 426 g/mol. The number of thioether (sulfide) groups is 1. The largest absolute Gasteiger partial charge is 0.457 e. The molecule has 1 atom stereocenters. The van der Waals surface area contributed by atoms with E-state index in [1.165, 1.54) is 0 Å². The summed E-state index contributed by atoms with van der Waals surface area (Å²) in [6.07, 6.45) is 1.01. The van der Waals surface area contributed by atoms with Crippen LogP contribution in [0.5, 0.6) is 11.5 Å². The van der Waals surface area contributed by atoms with Crippen molar-refractivity contribution in [2.24, 2.45) is 0 Å². The summed E-state index contributed by atoms with van der Waals surface area (Å²) in [5.41, 5.74) is 1.04. The Kier molecular flexibility index (Phi) is 6.26. The van der Waals surface area contributed by atoms with Crippen LogP contribution in [0.2, 0.25) is 10.0 Å². The highest BCUT2D eigenvalue weighted by atomic mass is 35.5. The molecule has 7 heteroatoms. The van der Waals surface area contributed by atoms with Crippen molar-refractivity contribution in [1.82, 2.24) is 5.01 Å².